The Bertz CT molecular complexity index is 1420. The molecule has 8 nitrogen and oxygen atoms in total. The maximum atomic E-state index is 13.5. The molecule has 0 N–H and O–H groups in total. The van der Waals surface area contributed by atoms with Crippen LogP contribution in [0.3, 0.4) is 0 Å². The van der Waals surface area contributed by atoms with Gasteiger partial charge in [0.15, 0.2) is 4.80 Å². The smallest absolute Gasteiger partial charge is 0.338 e. The Kier molecular flexibility index (Phi) is 5.83. The van der Waals surface area contributed by atoms with Crippen LogP contribution in [0.5, 0.6) is 0 Å². The van der Waals surface area contributed by atoms with E-state index >= 15 is 0 Å². The quantitative estimate of drug-likeness (QED) is 0.338. The van der Waals surface area contributed by atoms with Gasteiger partial charge in [-0.05, 0) is 31.6 Å². The fourth-order valence-electron chi connectivity index (χ4n) is 3.67. The molecular weight excluding hydrogens is 430 g/mol. The van der Waals surface area contributed by atoms with Crippen molar-refractivity contribution in [3.8, 4) is 0 Å². The third kappa shape index (κ3) is 3.78. The fraction of sp³-hybridized carbons (Fsp3) is 0.174. The first-order valence-corrected chi connectivity index (χ1v) is 10.7. The summed E-state index contributed by atoms with van der Waals surface area (Å²) in [6.45, 7) is 3.43. The molecule has 0 radical (unpaired) electrons. The standard InChI is InChI=1S/C23H19N3O5S/c1-3-31-22(28)19-14(2)24-23-25(20(19)16-11-7-8-12-17(16)26(29)30)21(27)18(32-23)13-15-9-5-4-6-10-15/h4-13,20H,3H2,1-2H3. The number of fused-ring (bicyclic) bond motifs is 1. The minimum atomic E-state index is -1.02. The molecule has 0 bridgehead atoms. The summed E-state index contributed by atoms with van der Waals surface area (Å²) >= 11 is 1.17. The summed E-state index contributed by atoms with van der Waals surface area (Å²) in [5, 5.41) is 11.8. The van der Waals surface area contributed by atoms with E-state index in [1.807, 2.05) is 30.3 Å². The first-order chi connectivity index (χ1) is 15.4. The zero-order valence-corrected chi connectivity index (χ0v) is 18.2. The normalized spacial score (nSPS) is 15.8. The molecule has 1 atom stereocenters. The summed E-state index contributed by atoms with van der Waals surface area (Å²) in [5.74, 6) is -0.658. The molecule has 0 saturated heterocycles. The predicted octanol–water partition coefficient (Wildman–Crippen LogP) is 2.71. The number of carbonyl (C=O) groups is 1. The van der Waals surface area contributed by atoms with E-state index in [1.54, 1.807) is 38.1 Å². The van der Waals surface area contributed by atoms with E-state index in [1.165, 1.54) is 22.0 Å². The van der Waals surface area contributed by atoms with Gasteiger partial charge in [0.2, 0.25) is 0 Å². The second-order valence-electron chi connectivity index (χ2n) is 7.03. The number of esters is 1. The first-order valence-electron chi connectivity index (χ1n) is 9.90. The number of para-hydroxylation sites is 1. The summed E-state index contributed by atoms with van der Waals surface area (Å²) in [6, 6.07) is 14.4. The van der Waals surface area contributed by atoms with Crippen LogP contribution in [-0.2, 0) is 9.53 Å². The summed E-state index contributed by atoms with van der Waals surface area (Å²) in [5.41, 5.74) is 0.962. The van der Waals surface area contributed by atoms with Crippen molar-refractivity contribution in [2.75, 3.05) is 6.61 Å². The second kappa shape index (κ2) is 8.72. The molecule has 1 aliphatic rings. The third-order valence-corrected chi connectivity index (χ3v) is 6.03. The Balaban J connectivity index is 2.03. The molecule has 0 saturated carbocycles. The van der Waals surface area contributed by atoms with Crippen molar-refractivity contribution < 1.29 is 14.5 Å². The minimum absolute atomic E-state index is 0.111. The number of benzene rings is 2. The number of nitrogens with zero attached hydrogens (tertiary/aromatic N) is 3. The van der Waals surface area contributed by atoms with E-state index in [0.29, 0.717) is 15.0 Å². The third-order valence-electron chi connectivity index (χ3n) is 5.04. The lowest BCUT2D eigenvalue weighted by molar-refractivity contribution is -0.385. The lowest BCUT2D eigenvalue weighted by Gasteiger charge is -2.24. The number of nitro groups is 1. The largest absolute Gasteiger partial charge is 0.463 e. The van der Waals surface area contributed by atoms with Gasteiger partial charge >= 0.3 is 5.97 Å². The van der Waals surface area contributed by atoms with E-state index in [-0.39, 0.29) is 29.0 Å². The molecule has 162 valence electrons. The van der Waals surface area contributed by atoms with Gasteiger partial charge in [-0.2, -0.15) is 0 Å². The van der Waals surface area contributed by atoms with Gasteiger partial charge in [0.1, 0.15) is 6.04 Å². The number of hydrogen-bond acceptors (Lipinski definition) is 7. The van der Waals surface area contributed by atoms with E-state index in [4.69, 9.17) is 4.74 Å². The first kappa shape index (κ1) is 21.4. The number of nitro benzene ring substituents is 1. The molecule has 1 unspecified atom stereocenters. The van der Waals surface area contributed by atoms with Crippen LogP contribution in [0.25, 0.3) is 6.08 Å². The van der Waals surface area contributed by atoms with E-state index in [0.717, 1.165) is 5.56 Å². The van der Waals surface area contributed by atoms with Gasteiger partial charge in [-0.25, -0.2) is 9.79 Å². The number of aromatic nitrogens is 1. The molecule has 0 aliphatic carbocycles. The molecule has 9 heteroatoms. The van der Waals surface area contributed by atoms with Crippen LogP contribution >= 0.6 is 11.3 Å². The summed E-state index contributed by atoms with van der Waals surface area (Å²) in [4.78, 5) is 42.4. The second-order valence-corrected chi connectivity index (χ2v) is 8.04. The lowest BCUT2D eigenvalue weighted by Crippen LogP contribution is -2.40. The molecule has 4 rings (SSSR count). The Morgan fingerprint density at radius 1 is 1.22 bits per heavy atom. The molecule has 0 fully saturated rings. The van der Waals surface area contributed by atoms with Gasteiger partial charge in [0.25, 0.3) is 11.2 Å². The molecule has 32 heavy (non-hydrogen) atoms. The van der Waals surface area contributed by atoms with Gasteiger partial charge in [0.05, 0.1) is 32.9 Å². The highest BCUT2D eigenvalue weighted by atomic mass is 32.1. The summed E-state index contributed by atoms with van der Waals surface area (Å²) in [6.07, 6.45) is 1.74. The molecule has 0 amide bonds. The molecular formula is C23H19N3O5S. The molecule has 1 aromatic heterocycles. The SMILES string of the molecule is CCOC(=O)C1=C(C)N=c2sc(=Cc3ccccc3)c(=O)n2C1c1ccccc1[N+](=O)[O-]. The van der Waals surface area contributed by atoms with Gasteiger partial charge in [-0.1, -0.05) is 53.8 Å². The average molecular weight is 449 g/mol. The van der Waals surface area contributed by atoms with Crippen molar-refractivity contribution >= 4 is 29.1 Å². The van der Waals surface area contributed by atoms with E-state index < -0.39 is 16.9 Å². The number of thiazole rings is 1. The maximum absolute atomic E-state index is 13.5. The Hall–Kier alpha value is -3.85. The Labute approximate surface area is 186 Å². The molecule has 3 aromatic rings. The zero-order valence-electron chi connectivity index (χ0n) is 17.3. The van der Waals surface area contributed by atoms with Crippen LogP contribution in [-0.4, -0.2) is 22.1 Å². The molecule has 0 spiro atoms. The van der Waals surface area contributed by atoms with Gasteiger partial charge in [-0.3, -0.25) is 19.5 Å². The minimum Gasteiger partial charge on any atom is -0.463 e. The average Bonchev–Trinajstić information content (AvgIpc) is 3.08. The number of ether oxygens (including phenoxy) is 1. The van der Waals surface area contributed by atoms with E-state index in [9.17, 15) is 19.7 Å². The number of hydrogen-bond donors (Lipinski definition) is 0. The van der Waals surface area contributed by atoms with E-state index in [2.05, 4.69) is 4.99 Å². The van der Waals surface area contributed by atoms with Crippen LogP contribution in [0.2, 0.25) is 0 Å². The molecule has 2 heterocycles. The molecule has 2 aromatic carbocycles. The number of allylic oxidation sites excluding steroid dienone is 1. The topological polar surface area (TPSA) is 104 Å². The van der Waals surface area contributed by atoms with Gasteiger partial charge in [0, 0.05) is 6.07 Å². The van der Waals surface area contributed by atoms with Crippen molar-refractivity contribution in [2.45, 2.75) is 19.9 Å². The maximum Gasteiger partial charge on any atom is 0.338 e. The van der Waals surface area contributed by atoms with Crippen LogP contribution < -0.4 is 14.9 Å². The summed E-state index contributed by atoms with van der Waals surface area (Å²) in [7, 11) is 0. The van der Waals surface area contributed by atoms with Crippen LogP contribution in [0.1, 0.15) is 31.0 Å². The Morgan fingerprint density at radius 2 is 1.91 bits per heavy atom. The number of carbonyl (C=O) groups excluding carboxylic acids is 1. The van der Waals surface area contributed by atoms with Crippen molar-refractivity contribution in [1.82, 2.24) is 4.57 Å². The lowest BCUT2D eigenvalue weighted by atomic mass is 9.94. The van der Waals surface area contributed by atoms with Crippen LogP contribution in [0.15, 0.2) is 75.7 Å². The molecule has 1 aliphatic heterocycles. The predicted molar refractivity (Wildman–Crippen MR) is 120 cm³/mol. The highest BCUT2D eigenvalue weighted by Gasteiger charge is 2.36. The fourth-order valence-corrected chi connectivity index (χ4v) is 4.72. The monoisotopic (exact) mass is 449 g/mol. The highest BCUT2D eigenvalue weighted by Crippen LogP contribution is 2.35. The van der Waals surface area contributed by atoms with Crippen molar-refractivity contribution in [3.63, 3.8) is 0 Å². The zero-order chi connectivity index (χ0) is 22.8. The van der Waals surface area contributed by atoms with Crippen molar-refractivity contribution in [1.29, 1.82) is 0 Å². The highest BCUT2D eigenvalue weighted by molar-refractivity contribution is 7.07. The van der Waals surface area contributed by atoms with Gasteiger partial charge in [-0.15, -0.1) is 0 Å². The van der Waals surface area contributed by atoms with Crippen molar-refractivity contribution in [2.24, 2.45) is 4.99 Å². The Morgan fingerprint density at radius 3 is 2.59 bits per heavy atom. The van der Waals surface area contributed by atoms with Crippen LogP contribution in [0.4, 0.5) is 5.69 Å². The van der Waals surface area contributed by atoms with Crippen molar-refractivity contribution in [3.05, 3.63) is 107 Å². The van der Waals surface area contributed by atoms with Crippen LogP contribution in [0, 0.1) is 10.1 Å². The number of rotatable bonds is 5. The van der Waals surface area contributed by atoms with Gasteiger partial charge < -0.3 is 4.74 Å². The summed E-state index contributed by atoms with van der Waals surface area (Å²) < 4.78 is 6.98.